The van der Waals surface area contributed by atoms with Gasteiger partial charge in [-0.3, -0.25) is 5.01 Å². The molecule has 0 saturated heterocycles. The minimum atomic E-state index is 0.191. The highest BCUT2D eigenvalue weighted by Gasteiger charge is 2.12. The monoisotopic (exact) mass is 335 g/mol. The second kappa shape index (κ2) is 7.03. The highest BCUT2D eigenvalue weighted by atomic mass is 35.5. The van der Waals surface area contributed by atoms with Gasteiger partial charge in [0.2, 0.25) is 0 Å². The lowest BCUT2D eigenvalue weighted by atomic mass is 10.1. The van der Waals surface area contributed by atoms with Crippen molar-refractivity contribution in [2.75, 3.05) is 10.7 Å². The first-order valence-electron chi connectivity index (χ1n) is 7.04. The van der Waals surface area contributed by atoms with Crippen molar-refractivity contribution in [2.45, 2.75) is 26.8 Å². The summed E-state index contributed by atoms with van der Waals surface area (Å²) in [4.78, 5) is 0. The Kier molecular flexibility index (Phi) is 5.33. The summed E-state index contributed by atoms with van der Waals surface area (Å²) in [6.07, 6.45) is 0. The average Bonchev–Trinajstić information content (AvgIpc) is 2.48. The standard InChI is InChI=1S/C17H19Cl2N3/c1-11(2)22(15-7-4-13(18)5-8-15)21-12(3)16-10-14(19)6-9-17(16)20/h4-11H,20H2,1-3H3/b21-12+. The van der Waals surface area contributed by atoms with E-state index in [1.807, 2.05) is 42.3 Å². The molecular formula is C17H19Cl2N3. The molecule has 2 aromatic rings. The minimum Gasteiger partial charge on any atom is -0.398 e. The third-order valence-electron chi connectivity index (χ3n) is 3.24. The zero-order valence-corrected chi connectivity index (χ0v) is 14.4. The van der Waals surface area contributed by atoms with Crippen molar-refractivity contribution >= 4 is 40.3 Å². The highest BCUT2D eigenvalue weighted by Crippen LogP contribution is 2.23. The van der Waals surface area contributed by atoms with E-state index in [0.717, 1.165) is 17.0 Å². The second-order valence-corrected chi connectivity index (χ2v) is 6.20. The first-order chi connectivity index (χ1) is 10.4. The number of rotatable bonds is 4. The smallest absolute Gasteiger partial charge is 0.0672 e. The van der Waals surface area contributed by atoms with Crippen LogP contribution in [0.15, 0.2) is 47.6 Å². The number of hydrogen-bond acceptors (Lipinski definition) is 3. The molecule has 5 heteroatoms. The molecular weight excluding hydrogens is 317 g/mol. The molecule has 0 atom stereocenters. The average molecular weight is 336 g/mol. The largest absolute Gasteiger partial charge is 0.398 e. The number of hydrogen-bond donors (Lipinski definition) is 1. The van der Waals surface area contributed by atoms with Crippen LogP contribution >= 0.6 is 23.2 Å². The highest BCUT2D eigenvalue weighted by molar-refractivity contribution is 6.31. The summed E-state index contributed by atoms with van der Waals surface area (Å²) >= 11 is 12.0. The van der Waals surface area contributed by atoms with Crippen molar-refractivity contribution in [1.82, 2.24) is 0 Å². The van der Waals surface area contributed by atoms with Gasteiger partial charge < -0.3 is 5.73 Å². The molecule has 2 rings (SSSR count). The van der Waals surface area contributed by atoms with Crippen LogP contribution in [0.3, 0.4) is 0 Å². The molecule has 0 aliphatic carbocycles. The molecule has 2 aromatic carbocycles. The summed E-state index contributed by atoms with van der Waals surface area (Å²) in [5, 5.41) is 7.99. The van der Waals surface area contributed by atoms with E-state index < -0.39 is 0 Å². The van der Waals surface area contributed by atoms with Crippen LogP contribution in [0.2, 0.25) is 10.0 Å². The molecule has 0 unspecified atom stereocenters. The molecule has 0 aliphatic rings. The molecule has 0 radical (unpaired) electrons. The summed E-state index contributed by atoms with van der Waals surface area (Å²) in [7, 11) is 0. The van der Waals surface area contributed by atoms with E-state index in [4.69, 9.17) is 34.0 Å². The molecule has 0 fully saturated rings. The number of benzene rings is 2. The number of nitrogen functional groups attached to an aromatic ring is 1. The molecule has 0 spiro atoms. The van der Waals surface area contributed by atoms with Gasteiger partial charge in [-0.15, -0.1) is 0 Å². The Morgan fingerprint density at radius 1 is 1.05 bits per heavy atom. The summed E-state index contributed by atoms with van der Waals surface area (Å²) in [6, 6.07) is 13.2. The van der Waals surface area contributed by atoms with Crippen molar-refractivity contribution in [3.8, 4) is 0 Å². The van der Waals surface area contributed by atoms with Crippen molar-refractivity contribution < 1.29 is 0 Å². The first-order valence-corrected chi connectivity index (χ1v) is 7.79. The van der Waals surface area contributed by atoms with Gasteiger partial charge in [-0.1, -0.05) is 23.2 Å². The quantitative estimate of drug-likeness (QED) is 0.473. The Bertz CT molecular complexity index is 679. The SMILES string of the molecule is C/C(=N\N(c1ccc(Cl)cc1)C(C)C)c1cc(Cl)ccc1N. The van der Waals surface area contributed by atoms with Crippen LogP contribution in [-0.4, -0.2) is 11.8 Å². The second-order valence-electron chi connectivity index (χ2n) is 5.33. The fourth-order valence-electron chi connectivity index (χ4n) is 2.12. The van der Waals surface area contributed by atoms with Crippen molar-refractivity contribution in [2.24, 2.45) is 5.10 Å². The Morgan fingerprint density at radius 2 is 1.64 bits per heavy atom. The van der Waals surface area contributed by atoms with Gasteiger partial charge in [-0.25, -0.2) is 0 Å². The van der Waals surface area contributed by atoms with E-state index in [0.29, 0.717) is 15.7 Å². The molecule has 3 nitrogen and oxygen atoms in total. The van der Waals surface area contributed by atoms with Crippen molar-refractivity contribution in [3.05, 3.63) is 58.1 Å². The Hall–Kier alpha value is -1.71. The maximum Gasteiger partial charge on any atom is 0.0672 e. The normalized spacial score (nSPS) is 11.8. The molecule has 0 saturated carbocycles. The van der Waals surface area contributed by atoms with E-state index in [1.165, 1.54) is 0 Å². The van der Waals surface area contributed by atoms with Gasteiger partial charge in [0.05, 0.1) is 11.4 Å². The van der Waals surface area contributed by atoms with E-state index in [1.54, 1.807) is 12.1 Å². The van der Waals surface area contributed by atoms with Gasteiger partial charge in [-0.05, 0) is 63.2 Å². The number of anilines is 2. The number of nitrogens with two attached hydrogens (primary N) is 1. The molecule has 0 aromatic heterocycles. The number of hydrazone groups is 1. The lowest BCUT2D eigenvalue weighted by Crippen LogP contribution is -2.26. The molecule has 116 valence electrons. The van der Waals surface area contributed by atoms with Crippen LogP contribution in [-0.2, 0) is 0 Å². The van der Waals surface area contributed by atoms with Crippen LogP contribution in [0.1, 0.15) is 26.3 Å². The van der Waals surface area contributed by atoms with E-state index in [-0.39, 0.29) is 6.04 Å². The van der Waals surface area contributed by atoms with Gasteiger partial charge in [0.25, 0.3) is 0 Å². The summed E-state index contributed by atoms with van der Waals surface area (Å²) in [6.45, 7) is 6.08. The predicted octanol–water partition coefficient (Wildman–Crippen LogP) is 5.21. The molecule has 0 amide bonds. The molecule has 0 bridgehead atoms. The maximum absolute atomic E-state index is 6.06. The van der Waals surface area contributed by atoms with Gasteiger partial charge in [-0.2, -0.15) is 5.10 Å². The summed E-state index contributed by atoms with van der Waals surface area (Å²) < 4.78 is 0. The molecule has 0 aliphatic heterocycles. The molecule has 0 heterocycles. The fraction of sp³-hybridized carbons (Fsp3) is 0.235. The molecule has 22 heavy (non-hydrogen) atoms. The van der Waals surface area contributed by atoms with E-state index >= 15 is 0 Å². The van der Waals surface area contributed by atoms with Gasteiger partial charge in [0, 0.05) is 27.3 Å². The maximum atomic E-state index is 6.06. The van der Waals surface area contributed by atoms with Gasteiger partial charge in [0.1, 0.15) is 0 Å². The Labute approximate surface area is 141 Å². The third kappa shape index (κ3) is 3.93. The van der Waals surface area contributed by atoms with E-state index in [2.05, 4.69) is 13.8 Å². The van der Waals surface area contributed by atoms with Crippen molar-refractivity contribution in [1.29, 1.82) is 0 Å². The number of nitrogens with zero attached hydrogens (tertiary/aromatic N) is 2. The first kappa shape index (κ1) is 16.7. The van der Waals surface area contributed by atoms with Crippen LogP contribution in [0.25, 0.3) is 0 Å². The van der Waals surface area contributed by atoms with Crippen LogP contribution in [0.4, 0.5) is 11.4 Å². The van der Waals surface area contributed by atoms with Crippen molar-refractivity contribution in [3.63, 3.8) is 0 Å². The summed E-state index contributed by atoms with van der Waals surface area (Å²) in [5.41, 5.74) is 9.30. The van der Waals surface area contributed by atoms with Gasteiger partial charge >= 0.3 is 0 Å². The minimum absolute atomic E-state index is 0.191. The topological polar surface area (TPSA) is 41.6 Å². The van der Waals surface area contributed by atoms with E-state index in [9.17, 15) is 0 Å². The zero-order chi connectivity index (χ0) is 16.3. The van der Waals surface area contributed by atoms with Crippen LogP contribution < -0.4 is 10.7 Å². The predicted molar refractivity (Wildman–Crippen MR) is 97.1 cm³/mol. The Morgan fingerprint density at radius 3 is 2.23 bits per heavy atom. The fourth-order valence-corrected chi connectivity index (χ4v) is 2.42. The molecule has 2 N–H and O–H groups in total. The lowest BCUT2D eigenvalue weighted by molar-refractivity contribution is 0.713. The van der Waals surface area contributed by atoms with Gasteiger partial charge in [0.15, 0.2) is 0 Å². The zero-order valence-electron chi connectivity index (χ0n) is 12.8. The van der Waals surface area contributed by atoms with Crippen LogP contribution in [0.5, 0.6) is 0 Å². The van der Waals surface area contributed by atoms with Crippen LogP contribution in [0, 0.1) is 0 Å². The third-order valence-corrected chi connectivity index (χ3v) is 3.73. The Balaban J connectivity index is 2.41. The summed E-state index contributed by atoms with van der Waals surface area (Å²) in [5.74, 6) is 0. The lowest BCUT2D eigenvalue weighted by Gasteiger charge is -2.24. The number of halogens is 2.